The predicted molar refractivity (Wildman–Crippen MR) is 236 cm³/mol. The van der Waals surface area contributed by atoms with Gasteiger partial charge in [-0.3, -0.25) is 44.1 Å². The molecule has 2 aromatic carbocycles. The zero-order valence-corrected chi connectivity index (χ0v) is 36.3. The van der Waals surface area contributed by atoms with Crippen LogP contribution < -0.4 is 26.8 Å². The second-order valence-corrected chi connectivity index (χ2v) is 15.9. The molecule has 0 aliphatic carbocycles. The highest BCUT2D eigenvalue weighted by molar-refractivity contribution is 7.99. The van der Waals surface area contributed by atoms with Crippen molar-refractivity contribution in [3.63, 3.8) is 0 Å². The molecule has 20 heteroatoms. The molecule has 7 rings (SSSR count). The average molecular weight is 866 g/mol. The van der Waals surface area contributed by atoms with Crippen LogP contribution in [-0.2, 0) is 30.9 Å². The van der Waals surface area contributed by atoms with Gasteiger partial charge in [-0.1, -0.05) is 12.2 Å². The monoisotopic (exact) mass is 865 g/mol. The van der Waals surface area contributed by atoms with Gasteiger partial charge in [0.25, 0.3) is 11.8 Å². The van der Waals surface area contributed by atoms with Crippen LogP contribution in [0.25, 0.3) is 22.1 Å². The summed E-state index contributed by atoms with van der Waals surface area (Å²) in [4.78, 5) is 65.1. The maximum absolute atomic E-state index is 13.8. The molecule has 5 heterocycles. The lowest BCUT2D eigenvalue weighted by molar-refractivity contribution is 0.0381. The van der Waals surface area contributed by atoms with Gasteiger partial charge in [-0.05, 0) is 82.8 Å². The molecule has 4 aromatic heterocycles. The molecular formula is C42H51N13O6S. The number of aryl methyl sites for hydroxylation is 4. The Morgan fingerprint density at radius 3 is 1.81 bits per heavy atom. The highest BCUT2D eigenvalue weighted by Crippen LogP contribution is 2.34. The fourth-order valence-electron chi connectivity index (χ4n) is 7.48. The minimum atomic E-state index is -0.658. The summed E-state index contributed by atoms with van der Waals surface area (Å²) in [7, 11) is 1.48. The van der Waals surface area contributed by atoms with Crippen LogP contribution >= 0.6 is 11.8 Å². The standard InChI is InChI=1S/C42H51N13O6S/c1-6-54-31(19-25(3)49-54)39(58)47-41-45-29-21-27(37(43)56)23-33(60-5)35(29)52(41)12-8-9-13-53-36-30(46-42(53)48-40(59)32-20-26(4)50-55(32)7-2)22-28(38(44)57)24-34(36)62-18-10-11-51-14-16-61-17-15-51/h8-9,19-24H,6-7,10-18H2,1-5H3,(H2,43,56)(H2,44,57)(H,45,47,58)(H,46,48,59)/b9-8+. The van der Waals surface area contributed by atoms with Crippen LogP contribution in [0, 0.1) is 13.8 Å². The van der Waals surface area contributed by atoms with Crippen LogP contribution in [-0.4, -0.2) is 113 Å². The number of fused-ring (bicyclic) bond motifs is 2. The van der Waals surface area contributed by atoms with Gasteiger partial charge >= 0.3 is 0 Å². The molecule has 19 nitrogen and oxygen atoms in total. The number of morpholine rings is 1. The van der Waals surface area contributed by atoms with E-state index < -0.39 is 23.6 Å². The van der Waals surface area contributed by atoms with E-state index in [0.29, 0.717) is 63.7 Å². The number of nitrogens with one attached hydrogen (secondary N) is 2. The number of amides is 4. The van der Waals surface area contributed by atoms with Gasteiger partial charge in [0.1, 0.15) is 22.7 Å². The van der Waals surface area contributed by atoms with Crippen molar-refractivity contribution in [1.82, 2.24) is 43.6 Å². The number of ether oxygens (including phenoxy) is 2. The lowest BCUT2D eigenvalue weighted by atomic mass is 10.1. The van der Waals surface area contributed by atoms with Crippen LogP contribution in [0.3, 0.4) is 0 Å². The van der Waals surface area contributed by atoms with Crippen molar-refractivity contribution in [1.29, 1.82) is 0 Å². The SMILES string of the molecule is CCn1nc(C)cc1C(=O)Nc1nc2cc(C(N)=O)cc(OC)c2n1C/C=C/Cn1c(NC(=O)c2cc(C)nn2CC)nc2cc(C(N)=O)cc(SCCCN3CCOCC3)c21. The second-order valence-electron chi connectivity index (χ2n) is 14.7. The first-order valence-corrected chi connectivity index (χ1v) is 21.4. The second kappa shape index (κ2) is 19.0. The summed E-state index contributed by atoms with van der Waals surface area (Å²) in [5.74, 6) is -0.506. The quantitative estimate of drug-likeness (QED) is 0.0540. The fourth-order valence-corrected chi connectivity index (χ4v) is 8.54. The number of carbonyl (C=O) groups excluding carboxylic acids is 4. The third-order valence-corrected chi connectivity index (χ3v) is 11.6. The van der Waals surface area contributed by atoms with E-state index in [1.54, 1.807) is 56.0 Å². The highest BCUT2D eigenvalue weighted by atomic mass is 32.2. The predicted octanol–water partition coefficient (Wildman–Crippen LogP) is 4.22. The summed E-state index contributed by atoms with van der Waals surface area (Å²) in [6.45, 7) is 13.0. The van der Waals surface area contributed by atoms with Crippen LogP contribution in [0.2, 0.25) is 0 Å². The lowest BCUT2D eigenvalue weighted by Gasteiger charge is -2.26. The van der Waals surface area contributed by atoms with E-state index in [1.807, 2.05) is 44.4 Å². The number of nitrogens with two attached hydrogens (primary N) is 2. The van der Waals surface area contributed by atoms with Gasteiger partial charge in [-0.25, -0.2) is 9.97 Å². The van der Waals surface area contributed by atoms with Crippen molar-refractivity contribution in [3.05, 3.63) is 82.5 Å². The topological polar surface area (TPSA) is 237 Å². The van der Waals surface area contributed by atoms with Crippen molar-refractivity contribution in [3.8, 4) is 5.75 Å². The third-order valence-electron chi connectivity index (χ3n) is 10.4. The molecule has 6 N–H and O–H groups in total. The minimum Gasteiger partial charge on any atom is -0.494 e. The molecule has 1 saturated heterocycles. The number of rotatable bonds is 18. The van der Waals surface area contributed by atoms with Gasteiger partial charge in [0, 0.05) is 55.3 Å². The number of carbonyl (C=O) groups is 4. The number of nitrogens with zero attached hydrogens (tertiary/aromatic N) is 9. The molecule has 0 bridgehead atoms. The molecule has 0 spiro atoms. The van der Waals surface area contributed by atoms with E-state index in [2.05, 4.69) is 25.7 Å². The first-order valence-electron chi connectivity index (χ1n) is 20.4. The summed E-state index contributed by atoms with van der Waals surface area (Å²) < 4.78 is 18.1. The van der Waals surface area contributed by atoms with E-state index in [4.69, 9.17) is 30.9 Å². The number of anilines is 2. The van der Waals surface area contributed by atoms with Gasteiger partial charge in [0.15, 0.2) is 0 Å². The Kier molecular flexibility index (Phi) is 13.4. The Balaban J connectivity index is 1.25. The summed E-state index contributed by atoms with van der Waals surface area (Å²) in [6.07, 6.45) is 4.69. The third kappa shape index (κ3) is 9.36. The zero-order valence-electron chi connectivity index (χ0n) is 35.4. The van der Waals surface area contributed by atoms with Crippen molar-refractivity contribution in [2.24, 2.45) is 11.5 Å². The number of benzene rings is 2. The first-order chi connectivity index (χ1) is 29.9. The van der Waals surface area contributed by atoms with Gasteiger partial charge in [0.05, 0.1) is 48.3 Å². The Bertz CT molecular complexity index is 2690. The molecule has 4 amide bonds. The Morgan fingerprint density at radius 1 is 0.774 bits per heavy atom. The zero-order chi connectivity index (χ0) is 44.1. The van der Waals surface area contributed by atoms with Crippen LogP contribution in [0.1, 0.15) is 73.3 Å². The summed E-state index contributed by atoms with van der Waals surface area (Å²) >= 11 is 1.59. The Morgan fingerprint density at radius 2 is 1.29 bits per heavy atom. The number of methoxy groups -OCH3 is 1. The van der Waals surface area contributed by atoms with E-state index in [1.165, 1.54) is 13.2 Å². The summed E-state index contributed by atoms with van der Waals surface area (Å²) in [6, 6.07) is 9.91. The minimum absolute atomic E-state index is 0.195. The molecule has 0 radical (unpaired) electrons. The molecule has 6 aromatic rings. The highest BCUT2D eigenvalue weighted by Gasteiger charge is 2.24. The van der Waals surface area contributed by atoms with Gasteiger partial charge in [-0.2, -0.15) is 10.2 Å². The summed E-state index contributed by atoms with van der Waals surface area (Å²) in [5, 5.41) is 14.8. The van der Waals surface area contributed by atoms with Crippen LogP contribution in [0.4, 0.5) is 11.9 Å². The molecular weight excluding hydrogens is 815 g/mol. The number of primary amides is 2. The molecule has 1 aliphatic heterocycles. The average Bonchev–Trinajstić information content (AvgIpc) is 4.03. The molecule has 1 aliphatic rings. The molecule has 0 atom stereocenters. The number of allylic oxidation sites excluding steroid dienone is 2. The van der Waals surface area contributed by atoms with Crippen molar-refractivity contribution in [2.45, 2.75) is 65.2 Å². The van der Waals surface area contributed by atoms with Crippen molar-refractivity contribution >= 4 is 69.4 Å². The number of imidazole rings is 2. The van der Waals surface area contributed by atoms with E-state index in [-0.39, 0.29) is 30.5 Å². The normalized spacial score (nSPS) is 13.4. The van der Waals surface area contributed by atoms with Crippen molar-refractivity contribution < 1.29 is 28.7 Å². The Hall–Kier alpha value is -6.51. The lowest BCUT2D eigenvalue weighted by Crippen LogP contribution is -2.36. The molecule has 1 fully saturated rings. The van der Waals surface area contributed by atoms with Crippen LogP contribution in [0.15, 0.2) is 53.4 Å². The van der Waals surface area contributed by atoms with Gasteiger partial charge < -0.3 is 30.1 Å². The van der Waals surface area contributed by atoms with E-state index in [9.17, 15) is 19.2 Å². The number of hydrogen-bond donors (Lipinski definition) is 4. The van der Waals surface area contributed by atoms with Crippen molar-refractivity contribution in [2.75, 3.05) is 56.3 Å². The van der Waals surface area contributed by atoms with Gasteiger partial charge in [0.2, 0.25) is 23.7 Å². The fraction of sp³-hybridized carbons (Fsp3) is 0.381. The molecule has 0 saturated carbocycles. The van der Waals surface area contributed by atoms with Crippen LogP contribution in [0.5, 0.6) is 5.75 Å². The first kappa shape index (κ1) is 43.6. The Labute approximate surface area is 361 Å². The summed E-state index contributed by atoms with van der Waals surface area (Å²) in [5.41, 5.74) is 16.2. The maximum atomic E-state index is 13.8. The number of aromatic nitrogens is 8. The molecule has 0 unspecified atom stereocenters. The van der Waals surface area contributed by atoms with E-state index in [0.717, 1.165) is 55.4 Å². The maximum Gasteiger partial charge on any atom is 0.276 e. The number of hydrogen-bond acceptors (Lipinski definition) is 12. The number of thioether (sulfide) groups is 1. The largest absolute Gasteiger partial charge is 0.494 e. The molecule has 62 heavy (non-hydrogen) atoms. The van der Waals surface area contributed by atoms with E-state index >= 15 is 0 Å². The van der Waals surface area contributed by atoms with Gasteiger partial charge in [-0.15, -0.1) is 11.8 Å². The molecule has 326 valence electrons. The smallest absolute Gasteiger partial charge is 0.276 e.